The van der Waals surface area contributed by atoms with E-state index < -0.39 is 0 Å². The molecule has 0 aliphatic rings. The fourth-order valence-corrected chi connectivity index (χ4v) is 1.04. The van der Waals surface area contributed by atoms with Crippen molar-refractivity contribution in [3.05, 3.63) is 35.4 Å². The van der Waals surface area contributed by atoms with Gasteiger partial charge in [-0.15, -0.1) is 12.1 Å². The maximum atomic E-state index is 11.4. The first kappa shape index (κ1) is 23.0. The van der Waals surface area contributed by atoms with Crippen LogP contribution in [-0.2, 0) is 4.79 Å². The molecular formula is C15H23HoO2-. The minimum absolute atomic E-state index is 0. The van der Waals surface area contributed by atoms with E-state index in [9.17, 15) is 9.59 Å². The van der Waals surface area contributed by atoms with Crippen LogP contribution >= 0.6 is 0 Å². The summed E-state index contributed by atoms with van der Waals surface area (Å²) in [7, 11) is 0. The maximum Gasteiger partial charge on any atom is 0.163 e. The molecule has 0 bridgehead atoms. The number of hydrogen-bond acceptors (Lipinski definition) is 2. The SMILES string of the molecule is CC.CC.CC(C)C(=O)c1ccc([C-]=O)cc1.[Ho]. The first-order chi connectivity index (χ1) is 8.15. The third-order valence-electron chi connectivity index (χ3n) is 1.81. The van der Waals surface area contributed by atoms with Crippen LogP contribution < -0.4 is 0 Å². The van der Waals surface area contributed by atoms with Gasteiger partial charge in [0.1, 0.15) is 0 Å². The zero-order chi connectivity index (χ0) is 13.8. The van der Waals surface area contributed by atoms with Crippen molar-refractivity contribution in [3.63, 3.8) is 0 Å². The Kier molecular flexibility index (Phi) is 19.0. The minimum atomic E-state index is -0.00828. The molecule has 107 valence electrons. The topological polar surface area (TPSA) is 34.1 Å². The number of rotatable bonds is 3. The van der Waals surface area contributed by atoms with Crippen molar-refractivity contribution in [2.24, 2.45) is 5.92 Å². The summed E-state index contributed by atoms with van der Waals surface area (Å²) in [5.41, 5.74) is 1.12. The summed E-state index contributed by atoms with van der Waals surface area (Å²) in [5.74, 6) is 0.0866. The molecule has 2 nitrogen and oxygen atoms in total. The van der Waals surface area contributed by atoms with Crippen LogP contribution in [0.2, 0.25) is 0 Å². The molecule has 0 unspecified atom stereocenters. The van der Waals surface area contributed by atoms with E-state index in [0.717, 1.165) is 0 Å². The Hall–Kier alpha value is -0.180. The molecule has 1 radical (unpaired) electrons. The number of ketones is 1. The average molecular weight is 400 g/mol. The largest absolute Gasteiger partial charge is 0.376 e. The van der Waals surface area contributed by atoms with E-state index >= 15 is 0 Å². The van der Waals surface area contributed by atoms with Crippen molar-refractivity contribution < 1.29 is 47.3 Å². The van der Waals surface area contributed by atoms with Crippen LogP contribution in [-0.4, -0.2) is 12.1 Å². The van der Waals surface area contributed by atoms with Crippen LogP contribution in [0.4, 0.5) is 0 Å². The van der Waals surface area contributed by atoms with Crippen LogP contribution in [0.5, 0.6) is 0 Å². The Labute approximate surface area is 141 Å². The van der Waals surface area contributed by atoms with Gasteiger partial charge in [-0.3, -0.25) is 4.79 Å². The zero-order valence-corrected chi connectivity index (χ0v) is 13.9. The molecule has 0 aliphatic carbocycles. The van der Waals surface area contributed by atoms with E-state index in [1.54, 1.807) is 30.6 Å². The molecule has 3 heteroatoms. The van der Waals surface area contributed by atoms with E-state index in [2.05, 4.69) is 0 Å². The van der Waals surface area contributed by atoms with Gasteiger partial charge in [0.15, 0.2) is 5.78 Å². The van der Waals surface area contributed by atoms with Crippen molar-refractivity contribution in [2.75, 3.05) is 0 Å². The first-order valence-electron chi connectivity index (χ1n) is 6.17. The van der Waals surface area contributed by atoms with Crippen LogP contribution in [0.3, 0.4) is 0 Å². The molecule has 0 heterocycles. The fourth-order valence-electron chi connectivity index (χ4n) is 1.04. The predicted molar refractivity (Wildman–Crippen MR) is 73.1 cm³/mol. The fraction of sp³-hybridized carbons (Fsp3) is 0.467. The van der Waals surface area contributed by atoms with Crippen molar-refractivity contribution in [3.8, 4) is 0 Å². The molecule has 0 aromatic heterocycles. The number of hydrogen-bond donors (Lipinski definition) is 0. The van der Waals surface area contributed by atoms with Crippen molar-refractivity contribution >= 4 is 12.1 Å². The first-order valence-corrected chi connectivity index (χ1v) is 6.17. The van der Waals surface area contributed by atoms with Gasteiger partial charge in [-0.25, -0.2) is 0 Å². The second-order valence-electron chi connectivity index (χ2n) is 3.20. The summed E-state index contributed by atoms with van der Waals surface area (Å²) >= 11 is 0. The van der Waals surface area contributed by atoms with Crippen LogP contribution in [0.15, 0.2) is 24.3 Å². The Morgan fingerprint density at radius 2 is 1.39 bits per heavy atom. The normalized spacial score (nSPS) is 7.94. The molecule has 0 saturated carbocycles. The molecule has 18 heavy (non-hydrogen) atoms. The Balaban J connectivity index is -0.000000409. The molecule has 0 amide bonds. The molecule has 0 saturated heterocycles. The predicted octanol–water partition coefficient (Wildman–Crippen LogP) is 4.04. The molecule has 1 rings (SSSR count). The smallest absolute Gasteiger partial charge is 0.163 e. The monoisotopic (exact) mass is 400 g/mol. The summed E-state index contributed by atoms with van der Waals surface area (Å²) in [6, 6.07) is 6.51. The molecule has 0 fully saturated rings. The van der Waals surface area contributed by atoms with Gasteiger partial charge in [-0.2, -0.15) is 17.7 Å². The molecular weight excluding hydrogens is 377 g/mol. The van der Waals surface area contributed by atoms with E-state index in [0.29, 0.717) is 11.1 Å². The van der Waals surface area contributed by atoms with Crippen molar-refractivity contribution in [1.82, 2.24) is 0 Å². The zero-order valence-electron chi connectivity index (χ0n) is 12.0. The molecule has 1 aromatic carbocycles. The van der Waals surface area contributed by atoms with Crippen LogP contribution in [0.25, 0.3) is 0 Å². The van der Waals surface area contributed by atoms with Gasteiger partial charge in [0, 0.05) is 43.7 Å². The Bertz CT molecular complexity index is 316. The van der Waals surface area contributed by atoms with Gasteiger partial charge in [0.25, 0.3) is 0 Å². The van der Waals surface area contributed by atoms with Gasteiger partial charge >= 0.3 is 0 Å². The van der Waals surface area contributed by atoms with E-state index in [-0.39, 0.29) is 49.4 Å². The van der Waals surface area contributed by atoms with E-state index in [4.69, 9.17) is 0 Å². The third kappa shape index (κ3) is 8.84. The standard InChI is InChI=1S/C11H11O2.2C2H6.Ho/c1-8(2)11(13)10-5-3-9(7-12)4-6-10;2*1-2;/h3-6,8H,1-2H3;2*1-2H3;/q-1;;;. The van der Waals surface area contributed by atoms with Gasteiger partial charge in [0.05, 0.1) is 6.29 Å². The minimum Gasteiger partial charge on any atom is -0.376 e. The third-order valence-corrected chi connectivity index (χ3v) is 1.81. The summed E-state index contributed by atoms with van der Waals surface area (Å²) < 4.78 is 0. The molecule has 0 N–H and O–H groups in total. The van der Waals surface area contributed by atoms with Crippen molar-refractivity contribution in [2.45, 2.75) is 41.5 Å². The average Bonchev–Trinajstić information content (AvgIpc) is 2.42. The Morgan fingerprint density at radius 1 is 1.00 bits per heavy atom. The van der Waals surface area contributed by atoms with Crippen LogP contribution in [0.1, 0.15) is 57.5 Å². The number of Topliss-reactive ketones (excluding diaryl/α,β-unsaturated/α-hetero) is 1. The number of carbonyl (C=O) groups is 1. The quantitative estimate of drug-likeness (QED) is 0.436. The van der Waals surface area contributed by atoms with Gasteiger partial charge < -0.3 is 4.79 Å². The van der Waals surface area contributed by atoms with Gasteiger partial charge in [0.2, 0.25) is 0 Å². The number of carbonyl (C=O) groups excluding carboxylic acids is 2. The summed E-state index contributed by atoms with van der Waals surface area (Å²) in [6.07, 6.45) is 1.76. The van der Waals surface area contributed by atoms with Gasteiger partial charge in [-0.05, 0) is 5.56 Å². The van der Waals surface area contributed by atoms with Crippen LogP contribution in [0, 0.1) is 43.7 Å². The number of benzene rings is 1. The molecule has 0 aliphatic heterocycles. The summed E-state index contributed by atoms with van der Waals surface area (Å²) in [6.45, 7) is 11.7. The van der Waals surface area contributed by atoms with E-state index in [1.807, 2.05) is 41.5 Å². The van der Waals surface area contributed by atoms with E-state index in [1.165, 1.54) is 0 Å². The summed E-state index contributed by atoms with van der Waals surface area (Å²) in [4.78, 5) is 21.7. The summed E-state index contributed by atoms with van der Waals surface area (Å²) in [5, 5.41) is 0. The second kappa shape index (κ2) is 14.9. The van der Waals surface area contributed by atoms with Crippen molar-refractivity contribution in [1.29, 1.82) is 0 Å². The molecule has 0 atom stereocenters. The Morgan fingerprint density at radius 3 is 1.67 bits per heavy atom. The molecule has 1 aromatic rings. The van der Waals surface area contributed by atoms with Gasteiger partial charge in [-0.1, -0.05) is 41.5 Å². The molecule has 0 spiro atoms. The maximum absolute atomic E-state index is 11.4. The second-order valence-corrected chi connectivity index (χ2v) is 3.20.